The van der Waals surface area contributed by atoms with Crippen molar-refractivity contribution in [1.82, 2.24) is 0 Å². The monoisotopic (exact) mass is 488 g/mol. The highest BCUT2D eigenvalue weighted by Crippen LogP contribution is 2.34. The molecule has 0 spiro atoms. The van der Waals surface area contributed by atoms with E-state index in [1.807, 2.05) is 0 Å². The molecule has 0 atom stereocenters. The van der Waals surface area contributed by atoms with E-state index in [0.717, 1.165) is 10.8 Å². The van der Waals surface area contributed by atoms with E-state index in [4.69, 9.17) is 16.4 Å². The fraction of sp³-hybridized carbons (Fsp3) is 0.278. The molecule has 0 aliphatic carbocycles. The number of oxime groups is 1. The predicted molar refractivity (Wildman–Crippen MR) is 103 cm³/mol. The summed E-state index contributed by atoms with van der Waals surface area (Å²) in [6.07, 6.45) is -4.89. The molecule has 2 aromatic rings. The number of hydrogen-bond donors (Lipinski definition) is 1. The van der Waals surface area contributed by atoms with Crippen LogP contribution in [0.4, 0.5) is 32.0 Å². The third kappa shape index (κ3) is 6.50. The molecule has 0 fully saturated rings. The Morgan fingerprint density at radius 1 is 1.06 bits per heavy atom. The minimum atomic E-state index is -5.97. The second kappa shape index (κ2) is 9.35. The zero-order valence-electron chi connectivity index (χ0n) is 15.7. The molecule has 0 aromatic heterocycles. The van der Waals surface area contributed by atoms with Crippen molar-refractivity contribution in [3.05, 3.63) is 64.2 Å². The topological polar surface area (TPSA) is 67.8 Å². The Morgan fingerprint density at radius 3 is 2.19 bits per heavy atom. The van der Waals surface area contributed by atoms with E-state index >= 15 is 0 Å². The summed E-state index contributed by atoms with van der Waals surface area (Å²) in [5.41, 5.74) is -7.71. The number of benzene rings is 2. The lowest BCUT2D eigenvalue weighted by atomic mass is 10.0. The molecule has 0 aliphatic rings. The largest absolute Gasteiger partial charge is 0.516 e. The van der Waals surface area contributed by atoms with Gasteiger partial charge in [-0.05, 0) is 36.2 Å². The van der Waals surface area contributed by atoms with Crippen molar-refractivity contribution in [3.63, 3.8) is 0 Å². The molecule has 0 heterocycles. The molecule has 170 valence electrons. The average Bonchev–Trinajstić information content (AvgIpc) is 2.65. The Morgan fingerprint density at radius 2 is 1.68 bits per heavy atom. The van der Waals surface area contributed by atoms with E-state index in [-0.39, 0.29) is 30.4 Å². The highest BCUT2D eigenvalue weighted by molar-refractivity contribution is 7.93. The van der Waals surface area contributed by atoms with Gasteiger partial charge in [0.25, 0.3) is 0 Å². The van der Waals surface area contributed by atoms with Crippen molar-refractivity contribution >= 4 is 33.0 Å². The number of halogens is 7. The number of rotatable bonds is 7. The quantitative estimate of drug-likeness (QED) is 0.297. The molecule has 0 unspecified atom stereocenters. The summed E-state index contributed by atoms with van der Waals surface area (Å²) in [4.78, 5) is 5.14. The minimum absolute atomic E-state index is 0.0206. The van der Waals surface area contributed by atoms with Crippen LogP contribution in [0.5, 0.6) is 0 Å². The highest BCUT2D eigenvalue weighted by Gasteiger charge is 2.46. The Bertz CT molecular complexity index is 1050. The molecule has 0 bridgehead atoms. The van der Waals surface area contributed by atoms with Gasteiger partial charge in [0, 0.05) is 10.6 Å². The standard InChI is InChI=1S/C18H15ClF6N2O3S/c1-2-15(26-30-10-11-3-6-13(19)7-4-11)14-8-5-12(17(20,21)22)9-16(14)27-31(28,29)18(23,24)25/h3-9,27H,2,10H2,1H3/b26-15+. The van der Waals surface area contributed by atoms with Gasteiger partial charge in [-0.2, -0.15) is 34.8 Å². The third-order valence-electron chi connectivity index (χ3n) is 3.86. The van der Waals surface area contributed by atoms with Gasteiger partial charge in [-0.1, -0.05) is 41.9 Å². The minimum Gasteiger partial charge on any atom is -0.391 e. The maximum Gasteiger partial charge on any atom is 0.516 e. The lowest BCUT2D eigenvalue weighted by Gasteiger charge is -2.17. The van der Waals surface area contributed by atoms with E-state index in [1.54, 1.807) is 24.3 Å². The molecule has 2 aromatic carbocycles. The van der Waals surface area contributed by atoms with E-state index in [9.17, 15) is 34.8 Å². The van der Waals surface area contributed by atoms with Crippen LogP contribution in [0.25, 0.3) is 0 Å². The smallest absolute Gasteiger partial charge is 0.391 e. The number of sulfonamides is 1. The van der Waals surface area contributed by atoms with Gasteiger partial charge < -0.3 is 4.84 Å². The number of anilines is 1. The van der Waals surface area contributed by atoms with E-state index in [2.05, 4.69) is 5.16 Å². The van der Waals surface area contributed by atoms with Crippen LogP contribution < -0.4 is 4.72 Å². The maximum atomic E-state index is 13.0. The molecule has 5 nitrogen and oxygen atoms in total. The second-order valence-electron chi connectivity index (χ2n) is 6.10. The Balaban J connectivity index is 2.42. The van der Waals surface area contributed by atoms with Gasteiger partial charge in [0.2, 0.25) is 0 Å². The molecule has 0 radical (unpaired) electrons. The van der Waals surface area contributed by atoms with Crippen LogP contribution in [-0.4, -0.2) is 19.6 Å². The normalized spacial score (nSPS) is 13.2. The van der Waals surface area contributed by atoms with Crippen molar-refractivity contribution in [3.8, 4) is 0 Å². The van der Waals surface area contributed by atoms with Gasteiger partial charge in [-0.3, -0.25) is 4.72 Å². The molecule has 31 heavy (non-hydrogen) atoms. The molecule has 0 aliphatic heterocycles. The summed E-state index contributed by atoms with van der Waals surface area (Å²) < 4.78 is 101. The fourth-order valence-electron chi connectivity index (χ4n) is 2.33. The zero-order valence-corrected chi connectivity index (χ0v) is 17.3. The zero-order chi connectivity index (χ0) is 23.4. The summed E-state index contributed by atoms with van der Waals surface area (Å²) in [6, 6.07) is 8.13. The molecule has 0 saturated heterocycles. The Kier molecular flexibility index (Phi) is 7.48. The molecule has 13 heteroatoms. The van der Waals surface area contributed by atoms with Crippen molar-refractivity contribution < 1.29 is 39.6 Å². The van der Waals surface area contributed by atoms with E-state index in [0.29, 0.717) is 16.7 Å². The van der Waals surface area contributed by atoms with Gasteiger partial charge in [-0.25, -0.2) is 0 Å². The lowest BCUT2D eigenvalue weighted by molar-refractivity contribution is -0.137. The van der Waals surface area contributed by atoms with Crippen LogP contribution >= 0.6 is 11.6 Å². The van der Waals surface area contributed by atoms with Crippen molar-refractivity contribution in [1.29, 1.82) is 0 Å². The molecule has 2 rings (SSSR count). The lowest BCUT2D eigenvalue weighted by Crippen LogP contribution is -2.30. The van der Waals surface area contributed by atoms with Crippen LogP contribution in [0.3, 0.4) is 0 Å². The summed E-state index contributed by atoms with van der Waals surface area (Å²) >= 11 is 5.76. The van der Waals surface area contributed by atoms with Crippen LogP contribution in [0.15, 0.2) is 47.6 Å². The van der Waals surface area contributed by atoms with Gasteiger partial charge >= 0.3 is 21.7 Å². The first-order valence-corrected chi connectivity index (χ1v) is 10.3. The maximum absolute atomic E-state index is 13.0. The van der Waals surface area contributed by atoms with Crippen LogP contribution in [0.1, 0.15) is 30.0 Å². The van der Waals surface area contributed by atoms with Crippen molar-refractivity contribution in [2.75, 3.05) is 4.72 Å². The van der Waals surface area contributed by atoms with E-state index in [1.165, 1.54) is 6.92 Å². The SMILES string of the molecule is CC/C(=N\OCc1ccc(Cl)cc1)c1ccc(C(F)(F)F)cc1NS(=O)(=O)C(F)(F)F. The molecule has 0 amide bonds. The predicted octanol–water partition coefficient (Wildman–Crippen LogP) is 5.95. The highest BCUT2D eigenvalue weighted by atomic mass is 35.5. The molecule has 0 saturated carbocycles. The van der Waals surface area contributed by atoms with Crippen molar-refractivity contribution in [2.24, 2.45) is 5.16 Å². The van der Waals surface area contributed by atoms with Gasteiger partial charge in [0.15, 0.2) is 0 Å². The van der Waals surface area contributed by atoms with Gasteiger partial charge in [0.05, 0.1) is 17.0 Å². The molecule has 1 N–H and O–H groups in total. The first kappa shape index (κ1) is 24.8. The molecular weight excluding hydrogens is 474 g/mol. The van der Waals surface area contributed by atoms with E-state index < -0.39 is 33.0 Å². The number of nitrogens with one attached hydrogen (secondary N) is 1. The van der Waals surface area contributed by atoms with Crippen LogP contribution in [0, 0.1) is 0 Å². The fourth-order valence-corrected chi connectivity index (χ4v) is 3.03. The second-order valence-corrected chi connectivity index (χ2v) is 8.21. The first-order chi connectivity index (χ1) is 14.2. The summed E-state index contributed by atoms with van der Waals surface area (Å²) in [5, 5.41) is 4.24. The first-order valence-electron chi connectivity index (χ1n) is 8.48. The van der Waals surface area contributed by atoms with Crippen LogP contribution in [0.2, 0.25) is 5.02 Å². The summed E-state index contributed by atoms with van der Waals surface area (Å²) in [5.74, 6) is 0. The Labute approximate surface area is 178 Å². The summed E-state index contributed by atoms with van der Waals surface area (Å²) in [7, 11) is -5.97. The summed E-state index contributed by atoms with van der Waals surface area (Å²) in [6.45, 7) is 1.45. The van der Waals surface area contributed by atoms with Gasteiger partial charge in [-0.15, -0.1) is 0 Å². The Hall–Kier alpha value is -2.47. The number of hydrogen-bond acceptors (Lipinski definition) is 4. The third-order valence-corrected chi connectivity index (χ3v) is 5.21. The number of alkyl halides is 6. The molecular formula is C18H15ClF6N2O3S. The van der Waals surface area contributed by atoms with Crippen LogP contribution in [-0.2, 0) is 27.6 Å². The number of nitrogens with zero attached hydrogens (tertiary/aromatic N) is 1. The van der Waals surface area contributed by atoms with Crippen molar-refractivity contribution in [2.45, 2.75) is 31.6 Å². The average molecular weight is 489 g/mol. The van der Waals surface area contributed by atoms with Gasteiger partial charge in [0.1, 0.15) is 6.61 Å².